The first-order valence-electron chi connectivity index (χ1n) is 7.28. The van der Waals surface area contributed by atoms with Crippen LogP contribution in [0.2, 0.25) is 0 Å². The first-order chi connectivity index (χ1) is 11.2. The van der Waals surface area contributed by atoms with Crippen molar-refractivity contribution in [2.24, 2.45) is 0 Å². The van der Waals surface area contributed by atoms with Gasteiger partial charge in [-0.1, -0.05) is 18.2 Å². The fraction of sp³-hybridized carbons (Fsp3) is 0.278. The van der Waals surface area contributed by atoms with Crippen molar-refractivity contribution in [3.8, 4) is 11.8 Å². The number of halogens is 1. The van der Waals surface area contributed by atoms with Crippen LogP contribution in [0, 0.1) is 17.1 Å². The van der Waals surface area contributed by atoms with Gasteiger partial charge in [-0.3, -0.25) is 0 Å². The third-order valence-electron chi connectivity index (χ3n) is 3.57. The van der Waals surface area contributed by atoms with Gasteiger partial charge in [0.05, 0.1) is 12.7 Å². The first kappa shape index (κ1) is 17.3. The summed E-state index contributed by atoms with van der Waals surface area (Å²) >= 11 is 1.72. The molecule has 0 bridgehead atoms. The van der Waals surface area contributed by atoms with E-state index in [1.165, 1.54) is 29.7 Å². The molecule has 0 unspecified atom stereocenters. The highest BCUT2D eigenvalue weighted by Gasteiger charge is 2.10. The molecule has 0 saturated heterocycles. The van der Waals surface area contributed by atoms with Gasteiger partial charge in [-0.2, -0.15) is 5.26 Å². The van der Waals surface area contributed by atoms with Crippen LogP contribution in [0.3, 0.4) is 0 Å². The molecule has 2 aromatic carbocycles. The van der Waals surface area contributed by atoms with Crippen molar-refractivity contribution in [3.63, 3.8) is 0 Å². The number of nitrogens with zero attached hydrogens (tertiary/aromatic N) is 1. The lowest BCUT2D eigenvalue weighted by molar-refractivity contribution is 0.407. The Hall–Kier alpha value is -2.03. The molecule has 2 rings (SSSR count). The van der Waals surface area contributed by atoms with Gasteiger partial charge < -0.3 is 10.1 Å². The van der Waals surface area contributed by atoms with Gasteiger partial charge in [-0.25, -0.2) is 4.39 Å². The molecule has 0 heterocycles. The highest BCUT2D eigenvalue weighted by Crippen LogP contribution is 2.23. The topological polar surface area (TPSA) is 45.0 Å². The molecule has 5 heteroatoms. The number of methoxy groups -OCH3 is 1. The number of hydrogen-bond acceptors (Lipinski definition) is 4. The highest BCUT2D eigenvalue weighted by molar-refractivity contribution is 7.98. The summed E-state index contributed by atoms with van der Waals surface area (Å²) < 4.78 is 19.0. The van der Waals surface area contributed by atoms with E-state index >= 15 is 0 Å². The van der Waals surface area contributed by atoms with E-state index in [4.69, 9.17) is 10.00 Å². The van der Waals surface area contributed by atoms with E-state index < -0.39 is 5.82 Å². The van der Waals surface area contributed by atoms with Gasteiger partial charge in [-0.05, 0) is 42.5 Å². The lowest BCUT2D eigenvalue weighted by Gasteiger charge is -2.11. The molecule has 3 nitrogen and oxygen atoms in total. The quantitative estimate of drug-likeness (QED) is 0.620. The number of thioether (sulfide) groups is 1. The van der Waals surface area contributed by atoms with Gasteiger partial charge >= 0.3 is 0 Å². The number of nitrogens with one attached hydrogen (secondary N) is 1. The van der Waals surface area contributed by atoms with Crippen LogP contribution in [0.25, 0.3) is 0 Å². The summed E-state index contributed by atoms with van der Waals surface area (Å²) in [5, 5.41) is 12.2. The fourth-order valence-electron chi connectivity index (χ4n) is 2.36. The van der Waals surface area contributed by atoms with Crippen LogP contribution in [0.4, 0.5) is 4.39 Å². The standard InChI is InChI=1S/C18H19FN2OS/c1-22-17-10-15(11-20)16(19)9-13(17)7-8-21-12-14-5-3-4-6-18(14)23-2/h3-6,9-10,21H,7-8,12H2,1-2H3. The van der Waals surface area contributed by atoms with Crippen LogP contribution in [0.15, 0.2) is 41.3 Å². The van der Waals surface area contributed by atoms with E-state index in [-0.39, 0.29) is 5.56 Å². The summed E-state index contributed by atoms with van der Waals surface area (Å²) in [5.41, 5.74) is 2.01. The van der Waals surface area contributed by atoms with E-state index in [0.717, 1.165) is 12.1 Å². The molecule has 0 atom stereocenters. The largest absolute Gasteiger partial charge is 0.496 e. The maximum Gasteiger partial charge on any atom is 0.141 e. The Morgan fingerprint density at radius 2 is 2.04 bits per heavy atom. The van der Waals surface area contributed by atoms with Crippen LogP contribution in [-0.4, -0.2) is 19.9 Å². The van der Waals surface area contributed by atoms with Crippen LogP contribution >= 0.6 is 11.8 Å². The Bertz CT molecular complexity index is 713. The van der Waals surface area contributed by atoms with Gasteiger partial charge in [0.15, 0.2) is 0 Å². The Morgan fingerprint density at radius 1 is 1.26 bits per heavy atom. The van der Waals surface area contributed by atoms with Crippen LogP contribution in [-0.2, 0) is 13.0 Å². The Kier molecular flexibility index (Phi) is 6.45. The van der Waals surface area contributed by atoms with E-state index in [2.05, 4.69) is 23.7 Å². The van der Waals surface area contributed by atoms with Crippen molar-refractivity contribution in [1.29, 1.82) is 5.26 Å². The number of rotatable bonds is 7. The summed E-state index contributed by atoms with van der Waals surface area (Å²) in [5.74, 6) is 0.0466. The lowest BCUT2D eigenvalue weighted by Crippen LogP contribution is -2.17. The molecule has 0 saturated carbocycles. The fourth-order valence-corrected chi connectivity index (χ4v) is 2.98. The van der Waals surface area contributed by atoms with E-state index in [9.17, 15) is 4.39 Å². The zero-order valence-corrected chi connectivity index (χ0v) is 14.0. The second kappa shape index (κ2) is 8.56. The average molecular weight is 330 g/mol. The summed E-state index contributed by atoms with van der Waals surface area (Å²) in [6, 6.07) is 12.9. The van der Waals surface area contributed by atoms with Crippen LogP contribution in [0.1, 0.15) is 16.7 Å². The predicted octanol–water partition coefficient (Wildman–Crippen LogP) is 3.76. The molecule has 0 aliphatic heterocycles. The molecule has 1 N–H and O–H groups in total. The summed E-state index contributed by atoms with van der Waals surface area (Å²) in [7, 11) is 1.53. The SMILES string of the molecule is COc1cc(C#N)c(F)cc1CCNCc1ccccc1SC. The molecule has 0 aliphatic carbocycles. The highest BCUT2D eigenvalue weighted by atomic mass is 32.2. The van der Waals surface area contributed by atoms with E-state index in [1.807, 2.05) is 18.2 Å². The minimum atomic E-state index is -0.504. The molecule has 0 fully saturated rings. The maximum atomic E-state index is 13.7. The van der Waals surface area contributed by atoms with Crippen molar-refractivity contribution >= 4 is 11.8 Å². The molecule has 0 spiro atoms. The second-order valence-corrected chi connectivity index (χ2v) is 5.84. The maximum absolute atomic E-state index is 13.7. The van der Waals surface area contributed by atoms with Crippen molar-refractivity contribution in [2.75, 3.05) is 19.9 Å². The smallest absolute Gasteiger partial charge is 0.141 e. The third kappa shape index (κ3) is 4.47. The number of nitriles is 1. The number of ether oxygens (including phenoxy) is 1. The minimum absolute atomic E-state index is 0.00690. The zero-order valence-electron chi connectivity index (χ0n) is 13.2. The zero-order chi connectivity index (χ0) is 16.7. The van der Waals surface area contributed by atoms with Gasteiger partial charge in [-0.15, -0.1) is 11.8 Å². The summed E-state index contributed by atoms with van der Waals surface area (Å²) in [4.78, 5) is 1.25. The molecule has 0 radical (unpaired) electrons. The molecule has 2 aromatic rings. The van der Waals surface area contributed by atoms with Crippen LogP contribution < -0.4 is 10.1 Å². The molecule has 0 aliphatic rings. The third-order valence-corrected chi connectivity index (χ3v) is 4.41. The average Bonchev–Trinajstić information content (AvgIpc) is 2.59. The van der Waals surface area contributed by atoms with Crippen molar-refractivity contribution < 1.29 is 9.13 Å². The number of hydrogen-bond donors (Lipinski definition) is 1. The Morgan fingerprint density at radius 3 is 2.74 bits per heavy atom. The van der Waals surface area contributed by atoms with Crippen LogP contribution in [0.5, 0.6) is 5.75 Å². The molecule has 120 valence electrons. The first-order valence-corrected chi connectivity index (χ1v) is 8.51. The Balaban J connectivity index is 1.96. The van der Waals surface area contributed by atoms with Gasteiger partial charge in [0, 0.05) is 17.5 Å². The van der Waals surface area contributed by atoms with Gasteiger partial charge in [0.2, 0.25) is 0 Å². The molecule has 0 aromatic heterocycles. The molecular formula is C18H19FN2OS. The van der Waals surface area contributed by atoms with Gasteiger partial charge in [0.25, 0.3) is 0 Å². The van der Waals surface area contributed by atoms with Crippen molar-refractivity contribution in [3.05, 3.63) is 58.9 Å². The van der Waals surface area contributed by atoms with Gasteiger partial charge in [0.1, 0.15) is 17.6 Å². The molecular weight excluding hydrogens is 311 g/mol. The predicted molar refractivity (Wildman–Crippen MR) is 91.3 cm³/mol. The van der Waals surface area contributed by atoms with Crippen molar-refractivity contribution in [1.82, 2.24) is 5.32 Å². The van der Waals surface area contributed by atoms with E-state index in [0.29, 0.717) is 18.7 Å². The number of benzene rings is 2. The van der Waals surface area contributed by atoms with Crippen molar-refractivity contribution in [2.45, 2.75) is 17.9 Å². The second-order valence-electron chi connectivity index (χ2n) is 4.99. The molecule has 23 heavy (non-hydrogen) atoms. The van der Waals surface area contributed by atoms with E-state index in [1.54, 1.807) is 11.8 Å². The summed E-state index contributed by atoms with van der Waals surface area (Å²) in [6.45, 7) is 1.46. The monoisotopic (exact) mass is 330 g/mol. The molecule has 0 amide bonds. The minimum Gasteiger partial charge on any atom is -0.496 e. The normalized spacial score (nSPS) is 10.3. The summed E-state index contributed by atoms with van der Waals surface area (Å²) in [6.07, 6.45) is 2.69. The lowest BCUT2D eigenvalue weighted by atomic mass is 10.1. The Labute approximate surface area is 140 Å².